The third-order valence-electron chi connectivity index (χ3n) is 4.01. The zero-order valence-electron chi connectivity index (χ0n) is 14.3. The Morgan fingerprint density at radius 3 is 2.48 bits per heavy atom. The molecular formula is C20H25NO2. The van der Waals surface area contributed by atoms with Gasteiger partial charge < -0.3 is 10.1 Å². The quantitative estimate of drug-likeness (QED) is 0.842. The van der Waals surface area contributed by atoms with Crippen molar-refractivity contribution >= 4 is 11.6 Å². The summed E-state index contributed by atoms with van der Waals surface area (Å²) in [6, 6.07) is 13.8. The highest BCUT2D eigenvalue weighted by Gasteiger charge is 2.16. The fourth-order valence-electron chi connectivity index (χ4n) is 2.40. The van der Waals surface area contributed by atoms with E-state index in [2.05, 4.69) is 12.2 Å². The zero-order valence-corrected chi connectivity index (χ0v) is 14.3. The summed E-state index contributed by atoms with van der Waals surface area (Å²) in [6.07, 6.45) is 1.63. The van der Waals surface area contributed by atoms with Crippen LogP contribution in [0.1, 0.15) is 37.0 Å². The molecule has 1 amide bonds. The van der Waals surface area contributed by atoms with Gasteiger partial charge in [-0.1, -0.05) is 37.6 Å². The SMILES string of the molecule is CCCc1ccc(OC(C)C(=O)Nc2cccc(C)c2C)cc1. The average Bonchev–Trinajstić information content (AvgIpc) is 2.54. The molecule has 0 saturated carbocycles. The summed E-state index contributed by atoms with van der Waals surface area (Å²) in [5.41, 5.74) is 4.36. The van der Waals surface area contributed by atoms with Crippen molar-refractivity contribution in [2.75, 3.05) is 5.32 Å². The third kappa shape index (κ3) is 4.59. The van der Waals surface area contributed by atoms with E-state index >= 15 is 0 Å². The molecule has 0 aliphatic carbocycles. The lowest BCUT2D eigenvalue weighted by molar-refractivity contribution is -0.122. The maximum atomic E-state index is 12.3. The monoisotopic (exact) mass is 311 g/mol. The maximum absolute atomic E-state index is 12.3. The highest BCUT2D eigenvalue weighted by molar-refractivity contribution is 5.94. The Morgan fingerprint density at radius 1 is 1.13 bits per heavy atom. The van der Waals surface area contributed by atoms with Gasteiger partial charge in [-0.05, 0) is 62.1 Å². The molecule has 2 rings (SSSR count). The van der Waals surface area contributed by atoms with Crippen LogP contribution >= 0.6 is 0 Å². The van der Waals surface area contributed by atoms with Crippen molar-refractivity contribution < 1.29 is 9.53 Å². The van der Waals surface area contributed by atoms with E-state index in [0.717, 1.165) is 29.7 Å². The molecule has 2 aromatic carbocycles. The van der Waals surface area contributed by atoms with E-state index in [4.69, 9.17) is 4.74 Å². The number of nitrogens with one attached hydrogen (secondary N) is 1. The van der Waals surface area contributed by atoms with Crippen molar-refractivity contribution in [3.05, 3.63) is 59.2 Å². The molecule has 0 radical (unpaired) electrons. The molecule has 2 aromatic rings. The van der Waals surface area contributed by atoms with E-state index < -0.39 is 6.10 Å². The van der Waals surface area contributed by atoms with Crippen LogP contribution in [-0.4, -0.2) is 12.0 Å². The van der Waals surface area contributed by atoms with Crippen LogP contribution in [0.15, 0.2) is 42.5 Å². The van der Waals surface area contributed by atoms with Crippen molar-refractivity contribution in [3.63, 3.8) is 0 Å². The van der Waals surface area contributed by atoms with Crippen LogP contribution in [0.5, 0.6) is 5.75 Å². The Morgan fingerprint density at radius 2 is 1.83 bits per heavy atom. The second kappa shape index (κ2) is 7.82. The van der Waals surface area contributed by atoms with Crippen LogP contribution in [0.4, 0.5) is 5.69 Å². The number of hydrogen-bond acceptors (Lipinski definition) is 2. The predicted molar refractivity (Wildman–Crippen MR) is 95.1 cm³/mol. The first-order valence-electron chi connectivity index (χ1n) is 8.14. The van der Waals surface area contributed by atoms with Gasteiger partial charge in [0.15, 0.2) is 6.10 Å². The summed E-state index contributed by atoms with van der Waals surface area (Å²) in [5, 5.41) is 2.94. The smallest absolute Gasteiger partial charge is 0.265 e. The summed E-state index contributed by atoms with van der Waals surface area (Å²) in [5.74, 6) is 0.574. The number of benzene rings is 2. The molecule has 0 aromatic heterocycles. The van der Waals surface area contributed by atoms with E-state index in [1.165, 1.54) is 5.56 Å². The largest absolute Gasteiger partial charge is 0.481 e. The van der Waals surface area contributed by atoms with Crippen molar-refractivity contribution in [3.8, 4) is 5.75 Å². The molecule has 0 fully saturated rings. The first-order valence-corrected chi connectivity index (χ1v) is 8.14. The summed E-state index contributed by atoms with van der Waals surface area (Å²) in [6.45, 7) is 7.95. The Balaban J connectivity index is 1.98. The number of carbonyl (C=O) groups excluding carboxylic acids is 1. The molecular weight excluding hydrogens is 286 g/mol. The lowest BCUT2D eigenvalue weighted by Crippen LogP contribution is -2.30. The third-order valence-corrected chi connectivity index (χ3v) is 4.01. The molecule has 0 saturated heterocycles. The average molecular weight is 311 g/mol. The van der Waals surface area contributed by atoms with Gasteiger partial charge in [0, 0.05) is 5.69 Å². The number of carbonyl (C=O) groups is 1. The summed E-state index contributed by atoms with van der Waals surface area (Å²) >= 11 is 0. The first kappa shape index (κ1) is 17.1. The van der Waals surface area contributed by atoms with Crippen LogP contribution < -0.4 is 10.1 Å². The zero-order chi connectivity index (χ0) is 16.8. The fraction of sp³-hybridized carbons (Fsp3) is 0.350. The summed E-state index contributed by atoms with van der Waals surface area (Å²) < 4.78 is 5.74. The molecule has 0 aliphatic rings. The van der Waals surface area contributed by atoms with Gasteiger partial charge in [0.05, 0.1) is 0 Å². The number of amides is 1. The first-order chi connectivity index (χ1) is 11.0. The van der Waals surface area contributed by atoms with E-state index in [0.29, 0.717) is 5.75 Å². The highest BCUT2D eigenvalue weighted by atomic mass is 16.5. The molecule has 3 nitrogen and oxygen atoms in total. The minimum atomic E-state index is -0.549. The molecule has 0 heterocycles. The number of anilines is 1. The summed E-state index contributed by atoms with van der Waals surface area (Å²) in [4.78, 5) is 12.3. The lowest BCUT2D eigenvalue weighted by atomic mass is 10.1. The van der Waals surface area contributed by atoms with Gasteiger partial charge in [-0.3, -0.25) is 4.79 Å². The van der Waals surface area contributed by atoms with Gasteiger partial charge in [-0.25, -0.2) is 0 Å². The second-order valence-corrected chi connectivity index (χ2v) is 5.89. The van der Waals surface area contributed by atoms with Crippen LogP contribution in [0.2, 0.25) is 0 Å². The van der Waals surface area contributed by atoms with Gasteiger partial charge >= 0.3 is 0 Å². The van der Waals surface area contributed by atoms with Gasteiger partial charge in [0.1, 0.15) is 5.75 Å². The maximum Gasteiger partial charge on any atom is 0.265 e. The molecule has 0 bridgehead atoms. The molecule has 1 unspecified atom stereocenters. The topological polar surface area (TPSA) is 38.3 Å². The van der Waals surface area contributed by atoms with Crippen LogP contribution in [0, 0.1) is 13.8 Å². The Kier molecular flexibility index (Phi) is 5.80. The number of hydrogen-bond donors (Lipinski definition) is 1. The highest BCUT2D eigenvalue weighted by Crippen LogP contribution is 2.19. The normalized spacial score (nSPS) is 11.8. The predicted octanol–water partition coefficient (Wildman–Crippen LogP) is 4.66. The standard InChI is InChI=1S/C20H25NO2/c1-5-7-17-10-12-18(13-11-17)23-16(4)20(22)21-19-9-6-8-14(2)15(19)3/h6,8-13,16H,5,7H2,1-4H3,(H,21,22). The van der Waals surface area contributed by atoms with Gasteiger partial charge in [0.2, 0.25) is 0 Å². The van der Waals surface area contributed by atoms with Gasteiger partial charge in [-0.2, -0.15) is 0 Å². The molecule has 1 atom stereocenters. The molecule has 3 heteroatoms. The molecule has 23 heavy (non-hydrogen) atoms. The van der Waals surface area contributed by atoms with Crippen LogP contribution in [0.25, 0.3) is 0 Å². The molecule has 122 valence electrons. The van der Waals surface area contributed by atoms with Gasteiger partial charge in [0.25, 0.3) is 5.91 Å². The van der Waals surface area contributed by atoms with E-state index in [9.17, 15) is 4.79 Å². The minimum absolute atomic E-state index is 0.142. The number of ether oxygens (including phenoxy) is 1. The minimum Gasteiger partial charge on any atom is -0.481 e. The van der Waals surface area contributed by atoms with Crippen LogP contribution in [-0.2, 0) is 11.2 Å². The van der Waals surface area contributed by atoms with E-state index in [1.807, 2.05) is 56.3 Å². The molecule has 0 spiro atoms. The van der Waals surface area contributed by atoms with Crippen molar-refractivity contribution in [1.82, 2.24) is 0 Å². The summed E-state index contributed by atoms with van der Waals surface area (Å²) in [7, 11) is 0. The number of aryl methyl sites for hydroxylation is 2. The van der Waals surface area contributed by atoms with Crippen molar-refractivity contribution in [2.24, 2.45) is 0 Å². The van der Waals surface area contributed by atoms with Crippen molar-refractivity contribution in [2.45, 2.75) is 46.6 Å². The lowest BCUT2D eigenvalue weighted by Gasteiger charge is -2.16. The Bertz CT molecular complexity index is 662. The van der Waals surface area contributed by atoms with Gasteiger partial charge in [-0.15, -0.1) is 0 Å². The van der Waals surface area contributed by atoms with E-state index in [1.54, 1.807) is 6.92 Å². The Labute approximate surface area is 138 Å². The van der Waals surface area contributed by atoms with E-state index in [-0.39, 0.29) is 5.91 Å². The molecule has 0 aliphatic heterocycles. The second-order valence-electron chi connectivity index (χ2n) is 5.89. The Hall–Kier alpha value is -2.29. The molecule has 1 N–H and O–H groups in total. The van der Waals surface area contributed by atoms with Crippen LogP contribution in [0.3, 0.4) is 0 Å². The van der Waals surface area contributed by atoms with Crippen molar-refractivity contribution in [1.29, 1.82) is 0 Å². The fourth-order valence-corrected chi connectivity index (χ4v) is 2.40. The number of rotatable bonds is 6.